The molecule has 1 aliphatic carbocycles. The molecule has 0 bridgehead atoms. The van der Waals surface area contributed by atoms with Crippen molar-refractivity contribution in [3.05, 3.63) is 22.3 Å². The first-order valence-electron chi connectivity index (χ1n) is 5.74. The third kappa shape index (κ3) is 5.09. The molecule has 2 nitrogen and oxygen atoms in total. The molecular weight excluding hydrogens is 305 g/mol. The number of allylic oxidation sites excluding steroid dienone is 4. The maximum Gasteiger partial charge on any atom is -1.00 e. The summed E-state index contributed by atoms with van der Waals surface area (Å²) >= 11 is 0.466. The number of hydrogen-bond acceptors (Lipinski definition) is 1. The summed E-state index contributed by atoms with van der Waals surface area (Å²) in [6, 6.07) is 0. The van der Waals surface area contributed by atoms with Crippen LogP contribution in [0, 0.1) is 5.92 Å². The van der Waals surface area contributed by atoms with Gasteiger partial charge in [0.15, 0.2) is 0 Å². The zero-order valence-electron chi connectivity index (χ0n) is 11.6. The van der Waals surface area contributed by atoms with Crippen molar-refractivity contribution in [1.29, 1.82) is 0 Å². The Labute approximate surface area is 132 Å². The fourth-order valence-electron chi connectivity index (χ4n) is 2.24. The Kier molecular flexibility index (Phi) is 9.62. The van der Waals surface area contributed by atoms with Crippen molar-refractivity contribution in [1.82, 2.24) is 0 Å². The molecule has 2 aliphatic rings. The summed E-state index contributed by atoms with van der Waals surface area (Å²) in [7, 11) is 0. The van der Waals surface area contributed by atoms with Gasteiger partial charge in [0.25, 0.3) is 0 Å². The molecule has 2 rings (SSSR count). The average molecular weight is 326 g/mol. The molecule has 2 N–H and O–H groups in total. The molecule has 2 unspecified atom stereocenters. The largest absolute Gasteiger partial charge is 1.00 e. The minimum atomic E-state index is -0.333. The third-order valence-electron chi connectivity index (χ3n) is 3.49. The first-order valence-corrected chi connectivity index (χ1v) is 7.74. The van der Waals surface area contributed by atoms with Crippen molar-refractivity contribution in [3.63, 3.8) is 0 Å². The maximum atomic E-state index is 9.22. The van der Waals surface area contributed by atoms with E-state index in [0.29, 0.717) is 19.2 Å². The molecule has 0 aromatic heterocycles. The predicted molar refractivity (Wildman–Crippen MR) is 63.7 cm³/mol. The minimum absolute atomic E-state index is 0. The normalized spacial score (nSPS) is 23.8. The van der Waals surface area contributed by atoms with E-state index >= 15 is 0 Å². The summed E-state index contributed by atoms with van der Waals surface area (Å²) in [5, 5.41) is 0. The van der Waals surface area contributed by atoms with Gasteiger partial charge in [-0.1, -0.05) is 0 Å². The Hall–Kier alpha value is 0.244. The Balaban J connectivity index is 0. The number of hydrogen-bond donors (Lipinski definition) is 1. The van der Waals surface area contributed by atoms with E-state index < -0.39 is 0 Å². The van der Waals surface area contributed by atoms with E-state index in [4.69, 9.17) is 0 Å². The van der Waals surface area contributed by atoms with Gasteiger partial charge in [0.1, 0.15) is 0 Å². The molecule has 2 atom stereocenters. The molecule has 0 aromatic carbocycles. The molecule has 0 aromatic rings. The third-order valence-corrected chi connectivity index (χ3v) is 5.25. The molecule has 0 radical (unpaired) electrons. The SMILES string of the molecule is CC(N)=O.CC1=C(C)C(C)C([CH]2[CH2][Ti+2]2)=C1C.[Cl-].[Cl-]. The van der Waals surface area contributed by atoms with Crippen molar-refractivity contribution in [3.8, 4) is 0 Å². The molecule has 1 amide bonds. The monoisotopic (exact) mass is 325 g/mol. The molecule has 1 saturated heterocycles. The van der Waals surface area contributed by atoms with E-state index in [0.717, 1.165) is 10.1 Å². The number of carbonyl (C=O) groups is 1. The summed E-state index contributed by atoms with van der Waals surface area (Å²) < 4.78 is 2.64. The zero-order chi connectivity index (χ0) is 12.5. The first kappa shape index (κ1) is 20.6. The van der Waals surface area contributed by atoms with E-state index in [1.165, 1.54) is 6.92 Å². The van der Waals surface area contributed by atoms with Crippen molar-refractivity contribution in [2.75, 3.05) is 0 Å². The number of nitrogens with two attached hydrogens (primary N) is 1. The summed E-state index contributed by atoms with van der Waals surface area (Å²) in [6.07, 6.45) is 0. The summed E-state index contributed by atoms with van der Waals surface area (Å²) in [5.41, 5.74) is 11.1. The van der Waals surface area contributed by atoms with E-state index in [-0.39, 0.29) is 30.7 Å². The Morgan fingerprint density at radius 3 is 1.83 bits per heavy atom. The number of amides is 1. The van der Waals surface area contributed by atoms with Gasteiger partial charge in [0.05, 0.1) is 0 Å². The molecule has 5 heteroatoms. The van der Waals surface area contributed by atoms with E-state index in [1.54, 1.807) is 21.4 Å². The van der Waals surface area contributed by atoms with Crippen LogP contribution in [0.2, 0.25) is 8.95 Å². The van der Waals surface area contributed by atoms with Crippen LogP contribution in [0.15, 0.2) is 22.3 Å². The van der Waals surface area contributed by atoms with E-state index in [1.807, 2.05) is 5.57 Å². The first-order chi connectivity index (χ1) is 7.36. The van der Waals surface area contributed by atoms with Crippen LogP contribution in [-0.4, -0.2) is 5.91 Å². The molecule has 18 heavy (non-hydrogen) atoms. The summed E-state index contributed by atoms with van der Waals surface area (Å²) in [4.78, 5) is 9.22. The van der Waals surface area contributed by atoms with Crippen molar-refractivity contribution in [2.45, 2.75) is 43.6 Å². The second-order valence-electron chi connectivity index (χ2n) is 4.68. The Morgan fingerprint density at radius 2 is 1.61 bits per heavy atom. The molecular formula is C13H21Cl2NOTi. The topological polar surface area (TPSA) is 43.1 Å². The fraction of sp³-hybridized carbons (Fsp3) is 0.615. The average Bonchev–Trinajstić information content (AvgIpc) is 2.95. The van der Waals surface area contributed by atoms with Gasteiger partial charge in [-0.15, -0.1) is 0 Å². The molecule has 1 heterocycles. The van der Waals surface area contributed by atoms with Crippen LogP contribution in [0.5, 0.6) is 0 Å². The van der Waals surface area contributed by atoms with Gasteiger partial charge in [-0.25, -0.2) is 0 Å². The van der Waals surface area contributed by atoms with Gasteiger partial charge in [0, 0.05) is 6.92 Å². The van der Waals surface area contributed by atoms with Gasteiger partial charge in [-0.2, -0.15) is 0 Å². The van der Waals surface area contributed by atoms with Crippen LogP contribution in [0.4, 0.5) is 0 Å². The van der Waals surface area contributed by atoms with Crippen LogP contribution in [0.1, 0.15) is 34.6 Å². The summed E-state index contributed by atoms with van der Waals surface area (Å²) in [5.74, 6) is 0.446. The van der Waals surface area contributed by atoms with Crippen molar-refractivity contribution < 1.29 is 48.8 Å². The Morgan fingerprint density at radius 1 is 1.22 bits per heavy atom. The quantitative estimate of drug-likeness (QED) is 0.516. The van der Waals surface area contributed by atoms with Gasteiger partial charge < -0.3 is 30.5 Å². The van der Waals surface area contributed by atoms with Crippen LogP contribution >= 0.6 is 0 Å². The van der Waals surface area contributed by atoms with Crippen molar-refractivity contribution in [2.24, 2.45) is 11.7 Å². The van der Waals surface area contributed by atoms with Gasteiger partial charge in [-0.3, -0.25) is 4.79 Å². The predicted octanol–water partition coefficient (Wildman–Crippen LogP) is -2.91. The standard InChI is InChI=1S/C11H16.C2H5NO.2ClH.Ti/c1-6-11-9(4)7(2)8(3)10(11)5;1-2(3)4;;;/h6,9H,1H2,2-5H3;1H3,(H2,3,4);2*1H;/q;;;;+2/p-2. The van der Waals surface area contributed by atoms with E-state index in [2.05, 4.69) is 33.4 Å². The van der Waals surface area contributed by atoms with Gasteiger partial charge in [0.2, 0.25) is 5.91 Å². The molecule has 102 valence electrons. The molecule has 1 aliphatic heterocycles. The smallest absolute Gasteiger partial charge is 1.00 e. The van der Waals surface area contributed by atoms with Gasteiger partial charge in [-0.05, 0) is 0 Å². The molecule has 1 fully saturated rings. The maximum absolute atomic E-state index is 9.22. The minimum Gasteiger partial charge on any atom is -1.00 e. The second-order valence-corrected chi connectivity index (χ2v) is 7.04. The van der Waals surface area contributed by atoms with Crippen LogP contribution in [0.25, 0.3) is 0 Å². The molecule has 0 saturated carbocycles. The Bertz CT molecular complexity index is 369. The fourth-order valence-corrected chi connectivity index (χ4v) is 3.84. The number of halogens is 2. The number of primary amides is 1. The zero-order valence-corrected chi connectivity index (χ0v) is 14.7. The van der Waals surface area contributed by atoms with Crippen molar-refractivity contribution >= 4 is 5.91 Å². The van der Waals surface area contributed by atoms with Crippen LogP contribution in [0.3, 0.4) is 0 Å². The van der Waals surface area contributed by atoms with Crippen LogP contribution < -0.4 is 30.5 Å². The second kappa shape index (κ2) is 8.42. The van der Waals surface area contributed by atoms with Crippen LogP contribution in [-0.2, 0) is 23.9 Å². The number of rotatable bonds is 1. The molecule has 0 spiro atoms. The van der Waals surface area contributed by atoms with E-state index in [9.17, 15) is 4.79 Å². The number of carbonyl (C=O) groups excluding carboxylic acids is 1. The summed E-state index contributed by atoms with van der Waals surface area (Å²) in [6.45, 7) is 10.6. The van der Waals surface area contributed by atoms with Gasteiger partial charge >= 0.3 is 84.0 Å².